The van der Waals surface area contributed by atoms with Gasteiger partial charge in [0, 0.05) is 17.9 Å². The van der Waals surface area contributed by atoms with Crippen LogP contribution in [0.1, 0.15) is 18.1 Å². The van der Waals surface area contributed by atoms with Crippen molar-refractivity contribution in [3.05, 3.63) is 59.7 Å². The van der Waals surface area contributed by atoms with Crippen LogP contribution in [0, 0.1) is 6.92 Å². The number of hydrogen-bond donors (Lipinski definition) is 1. The lowest BCUT2D eigenvalue weighted by atomic mass is 10.1. The minimum absolute atomic E-state index is 0.103. The van der Waals surface area contributed by atoms with E-state index >= 15 is 0 Å². The first kappa shape index (κ1) is 14.1. The molecule has 0 atom stereocenters. The summed E-state index contributed by atoms with van der Waals surface area (Å²) in [5, 5.41) is 0. The third-order valence-electron chi connectivity index (χ3n) is 3.42. The van der Waals surface area contributed by atoms with Gasteiger partial charge in [-0.1, -0.05) is 24.3 Å². The zero-order valence-corrected chi connectivity index (χ0v) is 12.0. The van der Waals surface area contributed by atoms with E-state index in [-0.39, 0.29) is 5.91 Å². The Morgan fingerprint density at radius 1 is 1.10 bits per heavy atom. The topological polar surface area (TPSA) is 46.3 Å². The molecule has 0 saturated carbocycles. The Bertz CT molecular complexity index is 590. The number of carbonyl (C=O) groups excluding carboxylic acids is 1. The number of likely N-dealkylation sites (N-methyl/N-ethyl adjacent to an activating group) is 1. The second-order valence-electron chi connectivity index (χ2n) is 4.83. The molecule has 0 aromatic heterocycles. The van der Waals surface area contributed by atoms with E-state index in [9.17, 15) is 4.79 Å². The predicted octanol–water partition coefficient (Wildman–Crippen LogP) is 3.17. The van der Waals surface area contributed by atoms with Crippen molar-refractivity contribution in [1.82, 2.24) is 0 Å². The van der Waals surface area contributed by atoms with E-state index in [0.29, 0.717) is 18.7 Å². The highest BCUT2D eigenvalue weighted by Gasteiger charge is 2.15. The predicted molar refractivity (Wildman–Crippen MR) is 83.8 cm³/mol. The summed E-state index contributed by atoms with van der Waals surface area (Å²) in [5.74, 6) is 0.103. The first-order valence-corrected chi connectivity index (χ1v) is 6.82. The average molecular weight is 268 g/mol. The number of benzene rings is 2. The van der Waals surface area contributed by atoms with E-state index in [1.807, 2.05) is 62.4 Å². The summed E-state index contributed by atoms with van der Waals surface area (Å²) in [6, 6.07) is 15.4. The van der Waals surface area contributed by atoms with E-state index < -0.39 is 0 Å². The van der Waals surface area contributed by atoms with Crippen LogP contribution in [-0.2, 0) is 11.2 Å². The summed E-state index contributed by atoms with van der Waals surface area (Å²) in [7, 11) is 0. The molecule has 3 nitrogen and oxygen atoms in total. The molecule has 104 valence electrons. The van der Waals surface area contributed by atoms with Gasteiger partial charge in [-0.3, -0.25) is 4.79 Å². The van der Waals surface area contributed by atoms with Gasteiger partial charge < -0.3 is 10.6 Å². The third kappa shape index (κ3) is 3.18. The standard InChI is InChI=1S/C17H20N2O/c1-3-19(16-10-8-15(18)9-11-16)17(20)12-14-7-5-4-6-13(14)2/h4-11H,3,12,18H2,1-2H3. The highest BCUT2D eigenvalue weighted by Crippen LogP contribution is 2.18. The van der Waals surface area contributed by atoms with Crippen molar-refractivity contribution < 1.29 is 4.79 Å². The monoisotopic (exact) mass is 268 g/mol. The van der Waals surface area contributed by atoms with E-state index in [0.717, 1.165) is 16.8 Å². The third-order valence-corrected chi connectivity index (χ3v) is 3.42. The number of nitrogen functional groups attached to an aromatic ring is 1. The number of carbonyl (C=O) groups is 1. The molecule has 0 unspecified atom stereocenters. The van der Waals surface area contributed by atoms with Crippen LogP contribution in [0.5, 0.6) is 0 Å². The number of anilines is 2. The zero-order chi connectivity index (χ0) is 14.5. The molecule has 2 N–H and O–H groups in total. The van der Waals surface area contributed by atoms with Gasteiger partial charge in [0.05, 0.1) is 6.42 Å². The van der Waals surface area contributed by atoms with Crippen molar-refractivity contribution >= 4 is 17.3 Å². The van der Waals surface area contributed by atoms with Crippen molar-refractivity contribution in [2.45, 2.75) is 20.3 Å². The van der Waals surface area contributed by atoms with Crippen LogP contribution in [0.3, 0.4) is 0 Å². The van der Waals surface area contributed by atoms with Crippen LogP contribution >= 0.6 is 0 Å². The molecular formula is C17H20N2O. The smallest absolute Gasteiger partial charge is 0.231 e. The summed E-state index contributed by atoms with van der Waals surface area (Å²) in [6.45, 7) is 4.66. The fourth-order valence-corrected chi connectivity index (χ4v) is 2.22. The molecule has 0 bridgehead atoms. The zero-order valence-electron chi connectivity index (χ0n) is 12.0. The van der Waals surface area contributed by atoms with Gasteiger partial charge in [0.15, 0.2) is 0 Å². The summed E-state index contributed by atoms with van der Waals surface area (Å²) in [6.07, 6.45) is 0.422. The van der Waals surface area contributed by atoms with Crippen LogP contribution in [0.15, 0.2) is 48.5 Å². The van der Waals surface area contributed by atoms with Gasteiger partial charge in [-0.05, 0) is 49.2 Å². The van der Waals surface area contributed by atoms with Crippen LogP contribution < -0.4 is 10.6 Å². The second kappa shape index (κ2) is 6.24. The molecule has 0 aliphatic rings. The lowest BCUT2D eigenvalue weighted by Gasteiger charge is -2.21. The molecule has 20 heavy (non-hydrogen) atoms. The van der Waals surface area contributed by atoms with Gasteiger partial charge in [0.25, 0.3) is 0 Å². The SMILES string of the molecule is CCN(C(=O)Cc1ccccc1C)c1ccc(N)cc1. The van der Waals surface area contributed by atoms with Crippen molar-refractivity contribution in [2.24, 2.45) is 0 Å². The molecule has 3 heteroatoms. The van der Waals surface area contributed by atoms with Crippen LogP contribution in [0.2, 0.25) is 0 Å². The Labute approximate surface area is 120 Å². The van der Waals surface area contributed by atoms with Crippen molar-refractivity contribution in [1.29, 1.82) is 0 Å². The Morgan fingerprint density at radius 3 is 2.35 bits per heavy atom. The van der Waals surface area contributed by atoms with Crippen molar-refractivity contribution in [3.8, 4) is 0 Å². The molecule has 0 radical (unpaired) electrons. The number of hydrogen-bond acceptors (Lipinski definition) is 2. The molecule has 0 saturated heterocycles. The minimum Gasteiger partial charge on any atom is -0.399 e. The fraction of sp³-hybridized carbons (Fsp3) is 0.235. The normalized spacial score (nSPS) is 10.3. The van der Waals surface area contributed by atoms with Gasteiger partial charge in [0.2, 0.25) is 5.91 Å². The molecule has 0 aliphatic carbocycles. The molecule has 2 aromatic rings. The van der Waals surface area contributed by atoms with Gasteiger partial charge in [-0.25, -0.2) is 0 Å². The molecule has 2 aromatic carbocycles. The number of nitrogens with zero attached hydrogens (tertiary/aromatic N) is 1. The highest BCUT2D eigenvalue weighted by molar-refractivity contribution is 5.95. The number of rotatable bonds is 4. The maximum atomic E-state index is 12.5. The first-order valence-electron chi connectivity index (χ1n) is 6.82. The van der Waals surface area contributed by atoms with E-state index in [2.05, 4.69) is 0 Å². The summed E-state index contributed by atoms with van der Waals surface area (Å²) in [4.78, 5) is 14.3. The Morgan fingerprint density at radius 2 is 1.75 bits per heavy atom. The quantitative estimate of drug-likeness (QED) is 0.866. The summed E-state index contributed by atoms with van der Waals surface area (Å²) < 4.78 is 0. The average Bonchev–Trinajstić information content (AvgIpc) is 2.44. The molecule has 2 rings (SSSR count). The number of amides is 1. The maximum Gasteiger partial charge on any atom is 0.231 e. The molecule has 0 spiro atoms. The number of aryl methyl sites for hydroxylation is 1. The summed E-state index contributed by atoms with van der Waals surface area (Å²) in [5.41, 5.74) is 9.50. The molecule has 0 fully saturated rings. The Hall–Kier alpha value is -2.29. The highest BCUT2D eigenvalue weighted by atomic mass is 16.2. The van der Waals surface area contributed by atoms with Crippen molar-refractivity contribution in [2.75, 3.05) is 17.2 Å². The molecule has 0 heterocycles. The molecule has 1 amide bonds. The minimum atomic E-state index is 0.103. The Kier molecular flexibility index (Phi) is 4.41. The lowest BCUT2D eigenvalue weighted by molar-refractivity contribution is -0.117. The van der Waals surface area contributed by atoms with E-state index in [1.54, 1.807) is 4.90 Å². The molecule has 0 aliphatic heterocycles. The van der Waals surface area contributed by atoms with Gasteiger partial charge in [0.1, 0.15) is 0 Å². The van der Waals surface area contributed by atoms with Gasteiger partial charge in [-0.2, -0.15) is 0 Å². The largest absolute Gasteiger partial charge is 0.399 e. The van der Waals surface area contributed by atoms with Gasteiger partial charge >= 0.3 is 0 Å². The van der Waals surface area contributed by atoms with Crippen molar-refractivity contribution in [3.63, 3.8) is 0 Å². The van der Waals surface area contributed by atoms with Crippen LogP contribution in [0.25, 0.3) is 0 Å². The van der Waals surface area contributed by atoms with E-state index in [1.165, 1.54) is 0 Å². The second-order valence-corrected chi connectivity index (χ2v) is 4.83. The Balaban J connectivity index is 2.18. The maximum absolute atomic E-state index is 12.5. The molecular weight excluding hydrogens is 248 g/mol. The fourth-order valence-electron chi connectivity index (χ4n) is 2.22. The number of nitrogens with two attached hydrogens (primary N) is 1. The van der Waals surface area contributed by atoms with E-state index in [4.69, 9.17) is 5.73 Å². The lowest BCUT2D eigenvalue weighted by Crippen LogP contribution is -2.32. The van der Waals surface area contributed by atoms with Crippen LogP contribution in [0.4, 0.5) is 11.4 Å². The van der Waals surface area contributed by atoms with Crippen LogP contribution in [-0.4, -0.2) is 12.5 Å². The van der Waals surface area contributed by atoms with Gasteiger partial charge in [-0.15, -0.1) is 0 Å². The first-order chi connectivity index (χ1) is 9.61. The summed E-state index contributed by atoms with van der Waals surface area (Å²) >= 11 is 0.